The highest BCUT2D eigenvalue weighted by Gasteiger charge is 2.31. The predicted octanol–water partition coefficient (Wildman–Crippen LogP) is 5.70. The molecule has 0 atom stereocenters. The smallest absolute Gasteiger partial charge is 0.299 e. The zero-order chi connectivity index (χ0) is 18.0. The fourth-order valence-electron chi connectivity index (χ4n) is 2.45. The normalized spacial score (nSPS) is 12.8. The van der Waals surface area contributed by atoms with E-state index in [2.05, 4.69) is 11.8 Å². The minimum absolute atomic E-state index is 0. The Morgan fingerprint density at radius 3 is 2.46 bits per heavy atom. The molecular weight excluding hydrogens is 379 g/mol. The van der Waals surface area contributed by atoms with Gasteiger partial charge in [0.05, 0.1) is 12.1 Å². The van der Waals surface area contributed by atoms with Crippen LogP contribution in [-0.2, 0) is 6.18 Å². The third-order valence-electron chi connectivity index (χ3n) is 3.65. The van der Waals surface area contributed by atoms with Crippen LogP contribution >= 0.6 is 24.2 Å². The Morgan fingerprint density at radius 2 is 1.77 bits per heavy atom. The summed E-state index contributed by atoms with van der Waals surface area (Å²) in [6.07, 6.45) is -2.50. The topological polar surface area (TPSA) is 3.24 Å². The van der Waals surface area contributed by atoms with E-state index in [4.69, 9.17) is 0 Å². The van der Waals surface area contributed by atoms with Gasteiger partial charge in [0.1, 0.15) is 0 Å². The Hall–Kier alpha value is -1.87. The maximum atomic E-state index is 13.1. The van der Waals surface area contributed by atoms with Gasteiger partial charge in [-0.05, 0) is 50.0 Å². The van der Waals surface area contributed by atoms with Crippen molar-refractivity contribution >= 4 is 35.8 Å². The summed E-state index contributed by atoms with van der Waals surface area (Å²) in [5.74, 6) is 6.09. The molecule has 0 bridgehead atoms. The molecule has 3 rings (SSSR count). The molecule has 0 aromatic heterocycles. The molecule has 0 fully saturated rings. The van der Waals surface area contributed by atoms with Gasteiger partial charge in [-0.3, -0.25) is 4.90 Å². The van der Waals surface area contributed by atoms with E-state index in [1.165, 1.54) is 23.9 Å². The van der Waals surface area contributed by atoms with Gasteiger partial charge in [-0.15, -0.1) is 12.4 Å². The van der Waals surface area contributed by atoms with Crippen LogP contribution in [0, 0.1) is 11.8 Å². The molecule has 2 aromatic rings. The molecule has 0 N–H and O–H groups in total. The first kappa shape index (κ1) is 20.4. The molecule has 26 heavy (non-hydrogen) atoms. The minimum atomic E-state index is -4.37. The molecule has 0 saturated heterocycles. The van der Waals surface area contributed by atoms with Crippen molar-refractivity contribution in [3.8, 4) is 11.8 Å². The molecule has 2 aromatic carbocycles. The van der Waals surface area contributed by atoms with Gasteiger partial charge in [0.25, 0.3) is 0 Å². The molecule has 0 radical (unpaired) electrons. The number of nitrogens with zero attached hydrogens (tertiary/aromatic N) is 1. The molecule has 0 unspecified atom stereocenters. The highest BCUT2D eigenvalue weighted by Crippen LogP contribution is 2.42. The molecular formula is C20H17ClF3NS. The molecule has 0 saturated carbocycles. The van der Waals surface area contributed by atoms with Crippen molar-refractivity contribution in [3.63, 3.8) is 0 Å². The number of hydrogen-bond acceptors (Lipinski definition) is 2. The molecule has 6 heteroatoms. The fraction of sp³-hybridized carbons (Fsp3) is 0.200. The molecule has 1 heterocycles. The quantitative estimate of drug-likeness (QED) is 0.570. The summed E-state index contributed by atoms with van der Waals surface area (Å²) in [4.78, 5) is 3.70. The second-order valence-electron chi connectivity index (χ2n) is 5.95. The highest BCUT2D eigenvalue weighted by atomic mass is 35.5. The van der Waals surface area contributed by atoms with Gasteiger partial charge < -0.3 is 0 Å². The van der Waals surface area contributed by atoms with Gasteiger partial charge in [-0.1, -0.05) is 41.8 Å². The Balaban J connectivity index is 0.00000243. The first-order chi connectivity index (χ1) is 11.8. The van der Waals surface area contributed by atoms with E-state index < -0.39 is 11.7 Å². The van der Waals surface area contributed by atoms with Crippen LogP contribution in [0.2, 0.25) is 0 Å². The first-order valence-electron chi connectivity index (χ1n) is 7.68. The van der Waals surface area contributed by atoms with Gasteiger partial charge in [0, 0.05) is 20.9 Å². The Bertz CT molecular complexity index is 892. The summed E-state index contributed by atoms with van der Waals surface area (Å²) in [5, 5.41) is 0. The first-order valence-corrected chi connectivity index (χ1v) is 8.50. The monoisotopic (exact) mass is 395 g/mol. The average Bonchev–Trinajstić information content (AvgIpc) is 2.69. The Labute approximate surface area is 161 Å². The van der Waals surface area contributed by atoms with E-state index in [9.17, 15) is 13.2 Å². The maximum Gasteiger partial charge on any atom is 0.416 e. The lowest BCUT2D eigenvalue weighted by molar-refractivity contribution is -0.137. The zero-order valence-corrected chi connectivity index (χ0v) is 15.9. The summed E-state index contributed by atoms with van der Waals surface area (Å²) in [6.45, 7) is 0.542. The van der Waals surface area contributed by atoms with E-state index in [1.54, 1.807) is 0 Å². The van der Waals surface area contributed by atoms with Gasteiger partial charge in [0.2, 0.25) is 0 Å². The summed E-state index contributed by atoms with van der Waals surface area (Å²) >= 11 is 1.47. The number of allylic oxidation sites excluding steroid dienone is 1. The summed E-state index contributed by atoms with van der Waals surface area (Å²) in [6, 6.07) is 11.6. The van der Waals surface area contributed by atoms with Crippen LogP contribution in [0.15, 0.2) is 52.3 Å². The maximum absolute atomic E-state index is 13.1. The van der Waals surface area contributed by atoms with Crippen molar-refractivity contribution < 1.29 is 13.2 Å². The van der Waals surface area contributed by atoms with Crippen molar-refractivity contribution in [1.82, 2.24) is 4.90 Å². The number of benzene rings is 2. The molecule has 1 aliphatic heterocycles. The number of alkyl halides is 3. The van der Waals surface area contributed by atoms with Crippen LogP contribution in [0.1, 0.15) is 16.7 Å². The molecule has 136 valence electrons. The lowest BCUT2D eigenvalue weighted by Crippen LogP contribution is -2.10. The largest absolute Gasteiger partial charge is 0.416 e. The molecule has 0 aliphatic carbocycles. The van der Waals surface area contributed by atoms with Crippen molar-refractivity contribution in [2.24, 2.45) is 0 Å². The van der Waals surface area contributed by atoms with Gasteiger partial charge in [-0.25, -0.2) is 0 Å². The SMILES string of the molecule is CN(C)CC#CC1=Cc2ccccc2Sc2ccc(C(F)(F)F)cc21.Cl. The van der Waals surface area contributed by atoms with Crippen LogP contribution in [0.3, 0.4) is 0 Å². The third kappa shape index (κ3) is 4.64. The summed E-state index contributed by atoms with van der Waals surface area (Å²) < 4.78 is 39.4. The minimum Gasteiger partial charge on any atom is -0.299 e. The van der Waals surface area contributed by atoms with Crippen LogP contribution in [0.5, 0.6) is 0 Å². The standard InChI is InChI=1S/C20H16F3NS.ClH/c1-24(2)11-5-7-14-12-15-6-3-4-8-18(15)25-19-10-9-16(13-17(14)19)20(21,22)23;/h3-4,6,8-10,12-13H,11H2,1-2H3;1H. The number of halogens is 4. The van der Waals surface area contributed by atoms with Crippen LogP contribution in [-0.4, -0.2) is 25.5 Å². The second-order valence-corrected chi connectivity index (χ2v) is 7.03. The van der Waals surface area contributed by atoms with E-state index in [0.717, 1.165) is 21.4 Å². The Kier molecular flexibility index (Phi) is 6.46. The number of rotatable bonds is 1. The van der Waals surface area contributed by atoms with E-state index in [-0.39, 0.29) is 12.4 Å². The molecule has 1 aliphatic rings. The lowest BCUT2D eigenvalue weighted by atomic mass is 10.0. The molecule has 0 spiro atoms. The van der Waals surface area contributed by atoms with Crippen LogP contribution in [0.4, 0.5) is 13.2 Å². The van der Waals surface area contributed by atoms with Gasteiger partial charge in [-0.2, -0.15) is 13.2 Å². The van der Waals surface area contributed by atoms with E-state index >= 15 is 0 Å². The van der Waals surface area contributed by atoms with Crippen molar-refractivity contribution in [2.45, 2.75) is 16.0 Å². The van der Waals surface area contributed by atoms with Crippen molar-refractivity contribution in [3.05, 3.63) is 59.2 Å². The van der Waals surface area contributed by atoms with E-state index in [1.807, 2.05) is 49.3 Å². The van der Waals surface area contributed by atoms with Gasteiger partial charge >= 0.3 is 6.18 Å². The predicted molar refractivity (Wildman–Crippen MR) is 103 cm³/mol. The molecule has 1 nitrogen and oxygen atoms in total. The van der Waals surface area contributed by atoms with Crippen molar-refractivity contribution in [2.75, 3.05) is 20.6 Å². The number of hydrogen-bond donors (Lipinski definition) is 0. The Morgan fingerprint density at radius 1 is 1.04 bits per heavy atom. The lowest BCUT2D eigenvalue weighted by Gasteiger charge is -2.12. The van der Waals surface area contributed by atoms with Crippen LogP contribution in [0.25, 0.3) is 11.6 Å². The number of fused-ring (bicyclic) bond motifs is 2. The van der Waals surface area contributed by atoms with E-state index in [0.29, 0.717) is 17.7 Å². The van der Waals surface area contributed by atoms with Crippen molar-refractivity contribution in [1.29, 1.82) is 0 Å². The third-order valence-corrected chi connectivity index (χ3v) is 4.82. The second kappa shape index (κ2) is 8.22. The average molecular weight is 396 g/mol. The zero-order valence-electron chi connectivity index (χ0n) is 14.2. The summed E-state index contributed by atoms with van der Waals surface area (Å²) in [5.41, 5.74) is 1.45. The fourth-order valence-corrected chi connectivity index (χ4v) is 3.49. The molecule has 0 amide bonds. The van der Waals surface area contributed by atoms with Crippen LogP contribution < -0.4 is 0 Å². The van der Waals surface area contributed by atoms with Gasteiger partial charge in [0.15, 0.2) is 0 Å². The highest BCUT2D eigenvalue weighted by molar-refractivity contribution is 7.99. The summed E-state index contributed by atoms with van der Waals surface area (Å²) in [7, 11) is 3.80.